The molecule has 0 aromatic carbocycles. The number of thiophene rings is 1. The molecule has 0 aliphatic carbocycles. The molecule has 0 aliphatic heterocycles. The SMILES string of the molecule is Cc1cccnc1Cn1c(-c2cccs2)n[nH]c1=S. The first kappa shape index (κ1) is 12.3. The molecule has 0 saturated heterocycles. The van der Waals surface area contributed by atoms with Crippen LogP contribution in [0, 0.1) is 11.7 Å². The molecule has 0 radical (unpaired) electrons. The molecule has 19 heavy (non-hydrogen) atoms. The molecule has 0 saturated carbocycles. The highest BCUT2D eigenvalue weighted by molar-refractivity contribution is 7.71. The smallest absolute Gasteiger partial charge is 0.195 e. The summed E-state index contributed by atoms with van der Waals surface area (Å²) in [6.07, 6.45) is 1.80. The fraction of sp³-hybridized carbons (Fsp3) is 0.154. The lowest BCUT2D eigenvalue weighted by atomic mass is 10.2. The van der Waals surface area contributed by atoms with Gasteiger partial charge in [-0.25, -0.2) is 0 Å². The lowest BCUT2D eigenvalue weighted by Gasteiger charge is -2.07. The third kappa shape index (κ3) is 2.36. The number of aromatic nitrogens is 4. The van der Waals surface area contributed by atoms with Gasteiger partial charge in [-0.05, 0) is 42.2 Å². The van der Waals surface area contributed by atoms with Gasteiger partial charge < -0.3 is 0 Å². The van der Waals surface area contributed by atoms with Gasteiger partial charge in [-0.2, -0.15) is 5.10 Å². The number of pyridine rings is 1. The van der Waals surface area contributed by atoms with Crippen LogP contribution in [0.3, 0.4) is 0 Å². The summed E-state index contributed by atoms with van der Waals surface area (Å²) >= 11 is 6.96. The summed E-state index contributed by atoms with van der Waals surface area (Å²) in [4.78, 5) is 5.51. The van der Waals surface area contributed by atoms with Crippen molar-refractivity contribution >= 4 is 23.6 Å². The van der Waals surface area contributed by atoms with Crippen molar-refractivity contribution in [3.05, 3.63) is 51.9 Å². The van der Waals surface area contributed by atoms with Crippen LogP contribution in [0.25, 0.3) is 10.7 Å². The van der Waals surface area contributed by atoms with Gasteiger partial charge in [-0.1, -0.05) is 12.1 Å². The Morgan fingerprint density at radius 1 is 1.37 bits per heavy atom. The van der Waals surface area contributed by atoms with Crippen LogP contribution in [0.15, 0.2) is 35.8 Å². The molecular weight excluding hydrogens is 276 g/mol. The van der Waals surface area contributed by atoms with Crippen LogP contribution in [-0.2, 0) is 6.54 Å². The van der Waals surface area contributed by atoms with Gasteiger partial charge >= 0.3 is 0 Å². The highest BCUT2D eigenvalue weighted by Crippen LogP contribution is 2.23. The zero-order chi connectivity index (χ0) is 13.2. The molecule has 0 fully saturated rings. The Balaban J connectivity index is 2.05. The summed E-state index contributed by atoms with van der Waals surface area (Å²) in [5, 5.41) is 9.20. The zero-order valence-electron chi connectivity index (χ0n) is 10.3. The molecule has 0 aliphatic rings. The van der Waals surface area contributed by atoms with Crippen LogP contribution in [0.4, 0.5) is 0 Å². The van der Waals surface area contributed by atoms with E-state index in [1.54, 1.807) is 17.5 Å². The molecule has 96 valence electrons. The zero-order valence-corrected chi connectivity index (χ0v) is 12.0. The second-order valence-corrected chi connectivity index (χ2v) is 5.52. The topological polar surface area (TPSA) is 46.5 Å². The number of nitrogens with zero attached hydrogens (tertiary/aromatic N) is 3. The van der Waals surface area contributed by atoms with E-state index in [1.165, 1.54) is 0 Å². The third-order valence-electron chi connectivity index (χ3n) is 2.93. The Labute approximate surface area is 119 Å². The lowest BCUT2D eigenvalue weighted by Crippen LogP contribution is -2.05. The highest BCUT2D eigenvalue weighted by atomic mass is 32.1. The number of nitrogens with one attached hydrogen (secondary N) is 1. The maximum Gasteiger partial charge on any atom is 0.195 e. The van der Waals surface area contributed by atoms with Crippen molar-refractivity contribution in [2.24, 2.45) is 0 Å². The molecular formula is C13H12N4S2. The van der Waals surface area contributed by atoms with E-state index in [9.17, 15) is 0 Å². The van der Waals surface area contributed by atoms with Crippen LogP contribution in [-0.4, -0.2) is 19.7 Å². The Hall–Kier alpha value is -1.79. The van der Waals surface area contributed by atoms with Crippen LogP contribution in [0.1, 0.15) is 11.3 Å². The van der Waals surface area contributed by atoms with Gasteiger partial charge in [0.2, 0.25) is 0 Å². The van der Waals surface area contributed by atoms with E-state index in [-0.39, 0.29) is 0 Å². The Morgan fingerprint density at radius 3 is 3.00 bits per heavy atom. The largest absolute Gasteiger partial charge is 0.293 e. The summed E-state index contributed by atoms with van der Waals surface area (Å²) in [6, 6.07) is 8.04. The van der Waals surface area contributed by atoms with Crippen LogP contribution >= 0.6 is 23.6 Å². The van der Waals surface area contributed by atoms with Crippen molar-refractivity contribution in [3.8, 4) is 10.7 Å². The number of rotatable bonds is 3. The van der Waals surface area contributed by atoms with E-state index in [0.29, 0.717) is 11.3 Å². The first-order chi connectivity index (χ1) is 9.25. The number of aryl methyl sites for hydroxylation is 1. The lowest BCUT2D eigenvalue weighted by molar-refractivity contribution is 0.762. The predicted molar refractivity (Wildman–Crippen MR) is 78.8 cm³/mol. The first-order valence-electron chi connectivity index (χ1n) is 5.85. The van der Waals surface area contributed by atoms with Crippen molar-refractivity contribution < 1.29 is 0 Å². The Kier molecular flexibility index (Phi) is 3.27. The normalized spacial score (nSPS) is 10.8. The van der Waals surface area contributed by atoms with Gasteiger partial charge in [0.15, 0.2) is 10.6 Å². The van der Waals surface area contributed by atoms with E-state index in [4.69, 9.17) is 12.2 Å². The molecule has 1 N–H and O–H groups in total. The Morgan fingerprint density at radius 2 is 2.26 bits per heavy atom. The number of H-pyrrole nitrogens is 1. The summed E-state index contributed by atoms with van der Waals surface area (Å²) in [6.45, 7) is 2.69. The third-order valence-corrected chi connectivity index (χ3v) is 4.10. The highest BCUT2D eigenvalue weighted by Gasteiger charge is 2.11. The van der Waals surface area contributed by atoms with Crippen molar-refractivity contribution in [2.45, 2.75) is 13.5 Å². The summed E-state index contributed by atoms with van der Waals surface area (Å²) < 4.78 is 2.60. The minimum absolute atomic E-state index is 0.619. The average Bonchev–Trinajstić information content (AvgIpc) is 3.03. The van der Waals surface area contributed by atoms with E-state index in [1.807, 2.05) is 28.1 Å². The number of hydrogen-bond donors (Lipinski definition) is 1. The second kappa shape index (κ2) is 5.07. The summed E-state index contributed by atoms with van der Waals surface area (Å²) in [5.74, 6) is 0.866. The van der Waals surface area contributed by atoms with Crippen LogP contribution < -0.4 is 0 Å². The fourth-order valence-electron chi connectivity index (χ4n) is 1.89. The second-order valence-electron chi connectivity index (χ2n) is 4.18. The first-order valence-corrected chi connectivity index (χ1v) is 7.14. The molecule has 4 nitrogen and oxygen atoms in total. The van der Waals surface area contributed by atoms with E-state index in [2.05, 4.69) is 28.2 Å². The monoisotopic (exact) mass is 288 g/mol. The van der Waals surface area contributed by atoms with Crippen LogP contribution in [0.2, 0.25) is 0 Å². The molecule has 6 heteroatoms. The quantitative estimate of drug-likeness (QED) is 0.751. The number of aromatic amines is 1. The molecule has 3 aromatic rings. The molecule has 3 heterocycles. The molecule has 0 bridgehead atoms. The minimum Gasteiger partial charge on any atom is -0.293 e. The molecule has 0 amide bonds. The molecule has 0 unspecified atom stereocenters. The minimum atomic E-state index is 0.619. The standard InChI is InChI=1S/C13H12N4S2/c1-9-4-2-6-14-10(9)8-17-12(15-16-13(17)18)11-5-3-7-19-11/h2-7H,8H2,1H3,(H,16,18). The predicted octanol–water partition coefficient (Wildman–Crippen LogP) is 3.42. The van der Waals surface area contributed by atoms with Crippen molar-refractivity contribution in [1.82, 2.24) is 19.7 Å². The maximum atomic E-state index is 5.31. The van der Waals surface area contributed by atoms with Crippen molar-refractivity contribution in [2.75, 3.05) is 0 Å². The molecule has 3 aromatic heterocycles. The van der Waals surface area contributed by atoms with E-state index < -0.39 is 0 Å². The van der Waals surface area contributed by atoms with Crippen molar-refractivity contribution in [1.29, 1.82) is 0 Å². The van der Waals surface area contributed by atoms with Gasteiger partial charge in [0.25, 0.3) is 0 Å². The van der Waals surface area contributed by atoms with Gasteiger partial charge in [0.05, 0.1) is 17.1 Å². The van der Waals surface area contributed by atoms with Gasteiger partial charge in [0, 0.05) is 6.20 Å². The van der Waals surface area contributed by atoms with Gasteiger partial charge in [-0.15, -0.1) is 11.3 Å². The summed E-state index contributed by atoms with van der Waals surface area (Å²) in [5.41, 5.74) is 2.17. The van der Waals surface area contributed by atoms with Crippen LogP contribution in [0.5, 0.6) is 0 Å². The van der Waals surface area contributed by atoms with E-state index >= 15 is 0 Å². The molecule has 0 spiro atoms. The van der Waals surface area contributed by atoms with E-state index in [0.717, 1.165) is 22.0 Å². The fourth-order valence-corrected chi connectivity index (χ4v) is 2.81. The summed E-state index contributed by atoms with van der Waals surface area (Å²) in [7, 11) is 0. The Bertz CT molecular complexity index is 740. The van der Waals surface area contributed by atoms with Crippen molar-refractivity contribution in [3.63, 3.8) is 0 Å². The molecule has 3 rings (SSSR count). The molecule has 0 atom stereocenters. The number of hydrogen-bond acceptors (Lipinski definition) is 4. The van der Waals surface area contributed by atoms with Gasteiger partial charge in [0.1, 0.15) is 0 Å². The maximum absolute atomic E-state index is 5.31. The van der Waals surface area contributed by atoms with Gasteiger partial charge in [-0.3, -0.25) is 14.6 Å². The average molecular weight is 288 g/mol.